The molecule has 7 N–H and O–H groups in total. The minimum absolute atomic E-state index is 0.102. The van der Waals surface area contributed by atoms with Crippen molar-refractivity contribution < 1.29 is 14.7 Å². The smallest absolute Gasteiger partial charge is 0.328 e. The number of hydrogen-bond donors (Lipinski definition) is 5. The fraction of sp³-hybridized carbons (Fsp3) is 0.432. The van der Waals surface area contributed by atoms with Gasteiger partial charge >= 0.3 is 5.97 Å². The molecule has 0 spiro atoms. The number of carbonyl (C=O) groups is 2. The van der Waals surface area contributed by atoms with Gasteiger partial charge in [0.25, 0.3) is 0 Å². The highest BCUT2D eigenvalue weighted by molar-refractivity contribution is 5.88. The van der Waals surface area contributed by atoms with Crippen molar-refractivity contribution >= 4 is 40.9 Å². The normalized spacial score (nSPS) is 20.8. The number of aliphatic carboxylic acids is 1. The Bertz CT molecular complexity index is 1580. The Morgan fingerprint density at radius 2 is 2.02 bits per heavy atom. The van der Waals surface area contributed by atoms with Gasteiger partial charge in [-0.1, -0.05) is 86.8 Å². The Balaban J connectivity index is 1.50. The number of H-pyrrole nitrogens is 1. The number of nitrogens with zero attached hydrogens (tertiary/aromatic N) is 2. The highest BCUT2D eigenvalue weighted by Gasteiger charge is 2.31. The number of hydrogen-bond acceptors (Lipinski definition) is 6. The van der Waals surface area contributed by atoms with E-state index in [4.69, 9.17) is 16.8 Å². The number of aromatic nitrogens is 1. The standard InChI is InChI=1S/C37H47N6O3/c1-2-3-6-29(38)7-4-8-30-27(13-12-26-20-25-11-10-24(15-18-44)19-28(25)21-31(26)30)22-34(42-35-9-5-16-40-35)32(23-36(45)46)33-14-17-41-37(39)43-33/h5,9-13,16,18-21,23,27,29-30,33-34,40H,2-4,6-8,14-15,17,22,38H2,1H3,(H,45,46)(H3,39,41,43)/q-1. The van der Waals surface area contributed by atoms with Gasteiger partial charge in [0.05, 0.1) is 6.04 Å². The number of allylic oxidation sites excluding steroid dienone is 1. The molecule has 1 aromatic heterocycles. The molecule has 0 radical (unpaired) electrons. The monoisotopic (exact) mass is 623 g/mol. The molecular formula is C37H47N6O3-. The molecule has 1 aliphatic heterocycles. The molecule has 0 bridgehead atoms. The lowest BCUT2D eigenvalue weighted by atomic mass is 9.72. The summed E-state index contributed by atoms with van der Waals surface area (Å²) in [6, 6.07) is 14.1. The average molecular weight is 624 g/mol. The molecule has 0 amide bonds. The maximum Gasteiger partial charge on any atom is 0.328 e. The number of aldehydes is 1. The van der Waals surface area contributed by atoms with Gasteiger partial charge in [-0.3, -0.25) is 4.99 Å². The van der Waals surface area contributed by atoms with Crippen LogP contribution in [-0.4, -0.2) is 53.0 Å². The zero-order valence-electron chi connectivity index (χ0n) is 26.7. The molecule has 2 aromatic carbocycles. The van der Waals surface area contributed by atoms with E-state index in [-0.39, 0.29) is 23.9 Å². The van der Waals surface area contributed by atoms with Crippen molar-refractivity contribution in [2.24, 2.45) is 22.4 Å². The van der Waals surface area contributed by atoms with Gasteiger partial charge in [0, 0.05) is 25.1 Å². The zero-order chi connectivity index (χ0) is 32.5. The van der Waals surface area contributed by atoms with Gasteiger partial charge in [0.1, 0.15) is 6.29 Å². The molecule has 9 nitrogen and oxygen atoms in total. The maximum atomic E-state index is 12.2. The third kappa shape index (κ3) is 8.46. The lowest BCUT2D eigenvalue weighted by molar-refractivity contribution is -0.131. The molecular weight excluding hydrogens is 576 g/mol. The van der Waals surface area contributed by atoms with Crippen molar-refractivity contribution in [1.29, 1.82) is 0 Å². The highest BCUT2D eigenvalue weighted by atomic mass is 16.4. The predicted octanol–water partition coefficient (Wildman–Crippen LogP) is 6.48. The fourth-order valence-electron chi connectivity index (χ4n) is 7.01. The van der Waals surface area contributed by atoms with E-state index in [1.807, 2.05) is 24.4 Å². The zero-order valence-corrected chi connectivity index (χ0v) is 26.7. The Morgan fingerprint density at radius 1 is 1.17 bits per heavy atom. The number of rotatable bonds is 16. The molecule has 46 heavy (non-hydrogen) atoms. The molecule has 0 fully saturated rings. The van der Waals surface area contributed by atoms with E-state index in [9.17, 15) is 14.7 Å². The summed E-state index contributed by atoms with van der Waals surface area (Å²) >= 11 is 0. The molecule has 5 unspecified atom stereocenters. The number of unbranched alkanes of at least 4 members (excludes halogenated alkanes) is 1. The topological polar surface area (TPSA) is 161 Å². The number of aromatic amines is 1. The van der Waals surface area contributed by atoms with Crippen molar-refractivity contribution in [2.75, 3.05) is 6.54 Å². The fourth-order valence-corrected chi connectivity index (χ4v) is 7.01. The number of carbonyl (C=O) groups excluding carboxylic acids is 1. The summed E-state index contributed by atoms with van der Waals surface area (Å²) in [7, 11) is 0. The molecule has 0 saturated heterocycles. The van der Waals surface area contributed by atoms with E-state index in [1.54, 1.807) is 0 Å². The van der Waals surface area contributed by atoms with Crippen LogP contribution in [-0.2, 0) is 16.0 Å². The maximum absolute atomic E-state index is 12.2. The lowest BCUT2D eigenvalue weighted by Crippen LogP contribution is -2.47. The first-order valence-corrected chi connectivity index (χ1v) is 16.6. The Hall–Kier alpha value is -4.37. The van der Waals surface area contributed by atoms with E-state index in [0.717, 1.165) is 61.1 Å². The van der Waals surface area contributed by atoms with Gasteiger partial charge in [0.2, 0.25) is 0 Å². The molecule has 3 aromatic rings. The summed E-state index contributed by atoms with van der Waals surface area (Å²) < 4.78 is 0. The number of nitrogens with two attached hydrogens (primary N) is 2. The van der Waals surface area contributed by atoms with Crippen LogP contribution in [0, 0.1) is 5.92 Å². The summed E-state index contributed by atoms with van der Waals surface area (Å²) in [5.41, 5.74) is 16.7. The van der Waals surface area contributed by atoms with E-state index in [2.05, 4.69) is 58.6 Å². The summed E-state index contributed by atoms with van der Waals surface area (Å²) in [6.45, 7) is 2.71. The number of aliphatic imine (C=N–C) groups is 1. The van der Waals surface area contributed by atoms with Crippen LogP contribution in [0.3, 0.4) is 0 Å². The third-order valence-electron chi connectivity index (χ3n) is 9.35. The number of benzene rings is 2. The predicted molar refractivity (Wildman–Crippen MR) is 186 cm³/mol. The molecule has 2 heterocycles. The molecule has 1 aliphatic carbocycles. The van der Waals surface area contributed by atoms with Crippen LogP contribution >= 0.6 is 0 Å². The third-order valence-corrected chi connectivity index (χ3v) is 9.35. The van der Waals surface area contributed by atoms with Crippen LogP contribution < -0.4 is 16.8 Å². The van der Waals surface area contributed by atoms with Gasteiger partial charge < -0.3 is 37.0 Å². The summed E-state index contributed by atoms with van der Waals surface area (Å²) in [6.07, 6.45) is 16.4. The quantitative estimate of drug-likeness (QED) is 0.0907. The molecule has 244 valence electrons. The van der Waals surface area contributed by atoms with Gasteiger partial charge in [-0.15, -0.1) is 0 Å². The summed E-state index contributed by atoms with van der Waals surface area (Å²) in [4.78, 5) is 30.9. The highest BCUT2D eigenvalue weighted by Crippen LogP contribution is 2.44. The Morgan fingerprint density at radius 3 is 2.76 bits per heavy atom. The van der Waals surface area contributed by atoms with E-state index in [1.165, 1.54) is 17.2 Å². The average Bonchev–Trinajstić information content (AvgIpc) is 3.55. The van der Waals surface area contributed by atoms with Crippen LogP contribution in [0.4, 0.5) is 5.82 Å². The molecule has 2 aliphatic rings. The molecule has 5 atom stereocenters. The Kier molecular flexibility index (Phi) is 11.3. The van der Waals surface area contributed by atoms with E-state index >= 15 is 0 Å². The minimum atomic E-state index is -1.01. The minimum Gasteiger partial charge on any atom is -0.478 e. The molecule has 0 saturated carbocycles. The van der Waals surface area contributed by atoms with Crippen LogP contribution in [0.15, 0.2) is 71.4 Å². The lowest BCUT2D eigenvalue weighted by Gasteiger charge is -2.39. The first-order chi connectivity index (χ1) is 22.3. The van der Waals surface area contributed by atoms with Crippen molar-refractivity contribution in [3.8, 4) is 0 Å². The van der Waals surface area contributed by atoms with Gasteiger partial charge in [0.15, 0.2) is 5.96 Å². The summed E-state index contributed by atoms with van der Waals surface area (Å²) in [5, 5.41) is 20.5. The number of carboxylic acid groups (broad SMARTS) is 1. The second-order valence-electron chi connectivity index (χ2n) is 12.7. The SMILES string of the molecule is CCCCC(N)CCCC1c2cc3cc(CC=O)ccc3cc2C=CC1CC([N-]c1ccc[nH]1)C(=CC(=O)O)C1CCN=C(N)N1. The largest absolute Gasteiger partial charge is 0.478 e. The van der Waals surface area contributed by atoms with Crippen LogP contribution in [0.2, 0.25) is 0 Å². The van der Waals surface area contributed by atoms with Crippen molar-refractivity contribution in [1.82, 2.24) is 10.3 Å². The summed E-state index contributed by atoms with van der Waals surface area (Å²) in [5.74, 6) is 0.299. The number of fused-ring (bicyclic) bond motifs is 2. The van der Waals surface area contributed by atoms with Crippen molar-refractivity contribution in [3.05, 3.63) is 88.4 Å². The Labute approximate surface area is 271 Å². The van der Waals surface area contributed by atoms with Crippen molar-refractivity contribution in [3.63, 3.8) is 0 Å². The van der Waals surface area contributed by atoms with E-state index < -0.39 is 12.0 Å². The van der Waals surface area contributed by atoms with Crippen molar-refractivity contribution in [2.45, 2.75) is 88.8 Å². The van der Waals surface area contributed by atoms with Crippen LogP contribution in [0.5, 0.6) is 0 Å². The van der Waals surface area contributed by atoms with Gasteiger partial charge in [-0.2, -0.15) is 0 Å². The number of guanidine groups is 1. The van der Waals surface area contributed by atoms with E-state index in [0.29, 0.717) is 43.2 Å². The van der Waals surface area contributed by atoms with Crippen LogP contribution in [0.25, 0.3) is 22.2 Å². The first-order valence-electron chi connectivity index (χ1n) is 16.6. The van der Waals surface area contributed by atoms with Crippen LogP contribution in [0.1, 0.15) is 80.9 Å². The molecule has 9 heteroatoms. The second kappa shape index (κ2) is 15.8. The van der Waals surface area contributed by atoms with Gasteiger partial charge in [-0.05, 0) is 89.1 Å². The molecule has 5 rings (SSSR count). The second-order valence-corrected chi connectivity index (χ2v) is 12.7. The van der Waals surface area contributed by atoms with Gasteiger partial charge in [-0.25, -0.2) is 4.79 Å². The first kappa shape index (κ1) is 33.0. The number of carboxylic acids is 1. The number of nitrogens with one attached hydrogen (secondary N) is 2.